The lowest BCUT2D eigenvalue weighted by molar-refractivity contribution is -0.867. The van der Waals surface area contributed by atoms with Gasteiger partial charge in [-0.15, -0.1) is 24.0 Å². The Hall–Kier alpha value is 0.550. The Bertz CT molecular complexity index is 454. The molecule has 0 aliphatic heterocycles. The van der Waals surface area contributed by atoms with Crippen molar-refractivity contribution in [2.45, 2.75) is 0 Å². The third kappa shape index (κ3) is 15.2. The Morgan fingerprint density at radius 3 is 1.00 bits per heavy atom. The predicted octanol–water partition coefficient (Wildman–Crippen LogP) is -0.154. The van der Waals surface area contributed by atoms with Crippen molar-refractivity contribution < 1.29 is 25.8 Å². The molecule has 0 radical (unpaired) electrons. The van der Waals surface area contributed by atoms with Crippen molar-refractivity contribution in [3.8, 4) is 0 Å². The summed E-state index contributed by atoms with van der Waals surface area (Å²) in [6, 6.07) is 0. The Morgan fingerprint density at radius 1 is 0.571 bits per heavy atom. The third-order valence-electron chi connectivity index (χ3n) is 2.85. The van der Waals surface area contributed by atoms with E-state index in [1.807, 2.05) is 42.3 Å². The van der Waals surface area contributed by atoms with E-state index in [1.165, 1.54) is 0 Å². The van der Waals surface area contributed by atoms with Crippen molar-refractivity contribution in [1.29, 1.82) is 0 Å². The van der Waals surface area contributed by atoms with E-state index in [2.05, 4.69) is 0 Å². The lowest BCUT2D eigenvalue weighted by atomic mass is 10.6. The first-order valence-electron chi connectivity index (χ1n) is 6.64. The van der Waals surface area contributed by atoms with Crippen molar-refractivity contribution >= 4 is 43.7 Å². The average Bonchev–Trinajstić information content (AvgIpc) is 2.20. The summed E-state index contributed by atoms with van der Waals surface area (Å²) in [5, 5.41) is 0. The van der Waals surface area contributed by atoms with Gasteiger partial charge in [-0.25, -0.2) is 16.8 Å². The molecule has 0 bridgehead atoms. The van der Waals surface area contributed by atoms with Crippen LogP contribution in [0.1, 0.15) is 0 Å². The Balaban J connectivity index is 0. The number of hydrogen-bond acceptors (Lipinski definition) is 4. The summed E-state index contributed by atoms with van der Waals surface area (Å²) >= 11 is 0. The van der Waals surface area contributed by atoms with Gasteiger partial charge in [0.2, 0.25) is 0 Å². The third-order valence-corrected chi connectivity index (χ3v) is 6.37. The van der Waals surface area contributed by atoms with E-state index in [0.29, 0.717) is 22.1 Å². The molecule has 0 aliphatic carbocycles. The molecule has 0 fully saturated rings. The van der Waals surface area contributed by atoms with Crippen molar-refractivity contribution in [3.63, 3.8) is 0 Å². The highest BCUT2D eigenvalue weighted by molar-refractivity contribution is 14.0. The monoisotopic (exact) mass is 458 g/mol. The number of rotatable bonds is 9. The van der Waals surface area contributed by atoms with Gasteiger partial charge in [-0.1, -0.05) is 0 Å². The van der Waals surface area contributed by atoms with Gasteiger partial charge in [0.15, 0.2) is 19.7 Å². The van der Waals surface area contributed by atoms with Gasteiger partial charge in [0, 0.05) is 0 Å². The van der Waals surface area contributed by atoms with Gasteiger partial charge in [0.25, 0.3) is 0 Å². The molecule has 0 amide bonds. The Labute approximate surface area is 147 Å². The normalized spacial score (nSPS) is 13.8. The van der Waals surface area contributed by atoms with E-state index in [1.54, 1.807) is 0 Å². The van der Waals surface area contributed by atoms with Crippen molar-refractivity contribution in [2.75, 3.05) is 78.4 Å². The minimum absolute atomic E-state index is 0. The fourth-order valence-electron chi connectivity index (χ4n) is 1.28. The highest BCUT2D eigenvalue weighted by atomic mass is 127. The van der Waals surface area contributed by atoms with Gasteiger partial charge in [-0.05, 0) is 0 Å². The van der Waals surface area contributed by atoms with Crippen LogP contribution in [0.5, 0.6) is 0 Å². The highest BCUT2D eigenvalue weighted by Crippen LogP contribution is 2.01. The molecule has 9 heteroatoms. The average molecular weight is 458 g/mol. The summed E-state index contributed by atoms with van der Waals surface area (Å²) < 4.78 is 48.5. The molecule has 130 valence electrons. The smallest absolute Gasteiger partial charge is 0.156 e. The van der Waals surface area contributed by atoms with Gasteiger partial charge in [0.1, 0.15) is 0 Å². The van der Waals surface area contributed by atoms with E-state index >= 15 is 0 Å². The largest absolute Gasteiger partial charge is 0.330 e. The first-order chi connectivity index (χ1) is 8.62. The van der Waals surface area contributed by atoms with Crippen LogP contribution in [0.2, 0.25) is 0 Å². The first kappa shape index (κ1) is 23.8. The minimum Gasteiger partial charge on any atom is -0.330 e. The Kier molecular flexibility index (Phi) is 9.54. The lowest BCUT2D eigenvalue weighted by Crippen LogP contribution is -2.40. The molecule has 0 saturated heterocycles. The summed E-state index contributed by atoms with van der Waals surface area (Å²) in [4.78, 5) is 0. The molecule has 0 unspecified atom stereocenters. The summed E-state index contributed by atoms with van der Waals surface area (Å²) in [5.74, 6) is -0.484. The second kappa shape index (κ2) is 8.42. The summed E-state index contributed by atoms with van der Waals surface area (Å²) in [6.07, 6.45) is 0. The van der Waals surface area contributed by atoms with E-state index in [4.69, 9.17) is 0 Å². The van der Waals surface area contributed by atoms with E-state index in [9.17, 15) is 16.8 Å². The van der Waals surface area contributed by atoms with Gasteiger partial charge in [-0.2, -0.15) is 0 Å². The van der Waals surface area contributed by atoms with Crippen LogP contribution < -0.4 is 0 Å². The number of nitrogens with zero attached hydrogens (tertiary/aromatic N) is 2. The molecular formula is C12H31IN2O4S2+2. The first-order valence-corrected chi connectivity index (χ1v) is 10.3. The van der Waals surface area contributed by atoms with Crippen LogP contribution in [0.15, 0.2) is 0 Å². The fraction of sp³-hybridized carbons (Fsp3) is 1.00. The lowest BCUT2D eigenvalue weighted by Gasteiger charge is -2.24. The molecule has 6 nitrogen and oxygen atoms in total. The SMILES string of the molecule is C[N+](C)(C)CCS(=O)(=O)CCS(=O)(=O)CC[N+](C)(C)C.I. The second-order valence-corrected chi connectivity index (χ2v) is 11.9. The number of quaternary nitrogens is 2. The number of sulfone groups is 2. The van der Waals surface area contributed by atoms with Crippen LogP contribution in [-0.2, 0) is 19.7 Å². The van der Waals surface area contributed by atoms with E-state index in [0.717, 1.165) is 0 Å². The molecule has 0 aromatic rings. The van der Waals surface area contributed by atoms with Gasteiger partial charge in [-0.3, -0.25) is 0 Å². The van der Waals surface area contributed by atoms with E-state index in [-0.39, 0.29) is 47.0 Å². The van der Waals surface area contributed by atoms with Crippen LogP contribution >= 0.6 is 24.0 Å². The molecule has 0 saturated carbocycles. The number of halogens is 1. The zero-order chi connectivity index (χ0) is 16.2. The molecular weight excluding hydrogens is 427 g/mol. The minimum atomic E-state index is -3.30. The maximum atomic E-state index is 11.8. The van der Waals surface area contributed by atoms with Crippen molar-refractivity contribution in [1.82, 2.24) is 0 Å². The standard InChI is InChI=1S/C12H30N2O4S2.HI/c1-13(2,3)7-9-19(15,16)11-12-20(17,18)10-8-14(4,5)6;/h7-12H2,1-6H3;1H/q+2;. The van der Waals surface area contributed by atoms with Crippen LogP contribution in [0.4, 0.5) is 0 Å². The molecule has 0 N–H and O–H groups in total. The quantitative estimate of drug-likeness (QED) is 0.356. The summed E-state index contributed by atoms with van der Waals surface area (Å²) in [5.41, 5.74) is 0. The van der Waals surface area contributed by atoms with Crippen LogP contribution in [-0.4, -0.2) is 104 Å². The molecule has 0 aromatic carbocycles. The molecule has 0 heterocycles. The van der Waals surface area contributed by atoms with Gasteiger partial charge in [0.05, 0.1) is 78.4 Å². The number of hydrogen-bond donors (Lipinski definition) is 0. The Morgan fingerprint density at radius 2 is 0.810 bits per heavy atom. The van der Waals surface area contributed by atoms with Crippen molar-refractivity contribution in [3.05, 3.63) is 0 Å². The molecule has 0 rings (SSSR count). The zero-order valence-corrected chi connectivity index (χ0v) is 18.0. The molecule has 0 aromatic heterocycles. The highest BCUT2D eigenvalue weighted by Gasteiger charge is 2.22. The van der Waals surface area contributed by atoms with Gasteiger partial charge < -0.3 is 8.97 Å². The van der Waals surface area contributed by atoms with Crippen molar-refractivity contribution in [2.24, 2.45) is 0 Å². The maximum Gasteiger partial charge on any atom is 0.156 e. The molecule has 0 atom stereocenters. The van der Waals surface area contributed by atoms with E-state index < -0.39 is 19.7 Å². The fourth-order valence-corrected chi connectivity index (χ4v) is 5.38. The summed E-state index contributed by atoms with van der Waals surface area (Å²) in [7, 11) is 4.86. The van der Waals surface area contributed by atoms with Crippen LogP contribution in [0, 0.1) is 0 Å². The maximum absolute atomic E-state index is 11.8. The molecule has 21 heavy (non-hydrogen) atoms. The predicted molar refractivity (Wildman–Crippen MR) is 98.5 cm³/mol. The molecule has 0 aliphatic rings. The van der Waals surface area contributed by atoms with Gasteiger partial charge >= 0.3 is 0 Å². The second-order valence-electron chi connectivity index (χ2n) is 7.33. The van der Waals surface area contributed by atoms with Crippen LogP contribution in [0.25, 0.3) is 0 Å². The summed E-state index contributed by atoms with van der Waals surface area (Å²) in [6.45, 7) is 0.975. The zero-order valence-electron chi connectivity index (χ0n) is 14.0. The topological polar surface area (TPSA) is 68.3 Å². The molecule has 0 spiro atoms. The van der Waals surface area contributed by atoms with Crippen LogP contribution in [0.3, 0.4) is 0 Å².